The van der Waals surface area contributed by atoms with Gasteiger partial charge in [-0.2, -0.15) is 0 Å². The lowest BCUT2D eigenvalue weighted by Gasteiger charge is -2.30. The summed E-state index contributed by atoms with van der Waals surface area (Å²) in [6.07, 6.45) is 0.332. The zero-order valence-electron chi connectivity index (χ0n) is 10.4. The summed E-state index contributed by atoms with van der Waals surface area (Å²) in [5, 5.41) is 2.72. The molecule has 1 unspecified atom stereocenters. The molecule has 1 fully saturated rings. The summed E-state index contributed by atoms with van der Waals surface area (Å²) in [7, 11) is 1.61. The molecule has 0 saturated carbocycles. The number of rotatable bonds is 3. The monoisotopic (exact) mass is 228 g/mol. The van der Waals surface area contributed by atoms with E-state index < -0.39 is 5.54 Å². The van der Waals surface area contributed by atoms with Crippen LogP contribution in [0.15, 0.2) is 0 Å². The predicted octanol–water partition coefficient (Wildman–Crippen LogP) is 0.148. The lowest BCUT2D eigenvalue weighted by Crippen LogP contribution is -2.53. The first kappa shape index (κ1) is 13.0. The number of carbonyl (C=O) groups is 2. The number of ether oxygens (including phenoxy) is 1. The Labute approximate surface area is 96.1 Å². The molecule has 1 rings (SSSR count). The van der Waals surface area contributed by atoms with Crippen LogP contribution >= 0.6 is 0 Å². The second-order valence-corrected chi connectivity index (χ2v) is 4.72. The predicted molar refractivity (Wildman–Crippen MR) is 59.9 cm³/mol. The van der Waals surface area contributed by atoms with Crippen molar-refractivity contribution in [2.75, 3.05) is 20.2 Å². The van der Waals surface area contributed by atoms with Gasteiger partial charge in [-0.3, -0.25) is 9.59 Å². The molecule has 0 aromatic heterocycles. The van der Waals surface area contributed by atoms with E-state index in [9.17, 15) is 9.59 Å². The second kappa shape index (κ2) is 4.82. The minimum absolute atomic E-state index is 0.0204. The second-order valence-electron chi connectivity index (χ2n) is 4.72. The summed E-state index contributed by atoms with van der Waals surface area (Å²) in [6.45, 7) is 6.34. The van der Waals surface area contributed by atoms with Crippen LogP contribution in [0.25, 0.3) is 0 Å². The Balaban J connectivity index is 2.77. The highest BCUT2D eigenvalue weighted by Gasteiger charge is 2.36. The zero-order valence-corrected chi connectivity index (χ0v) is 10.4. The Kier molecular flexibility index (Phi) is 3.91. The molecule has 0 bridgehead atoms. The molecular weight excluding hydrogens is 208 g/mol. The van der Waals surface area contributed by atoms with Gasteiger partial charge >= 0.3 is 0 Å². The molecule has 0 spiro atoms. The number of carbonyl (C=O) groups excluding carboxylic acids is 2. The zero-order chi connectivity index (χ0) is 12.3. The molecule has 0 aromatic rings. The molecule has 16 heavy (non-hydrogen) atoms. The van der Waals surface area contributed by atoms with Crippen molar-refractivity contribution < 1.29 is 14.3 Å². The standard InChI is InChI=1S/C11H20N2O3/c1-8(16-4)7-13-6-5-9(14)12-11(2,3)10(13)15/h8H,5-7H2,1-4H3,(H,12,14). The van der Waals surface area contributed by atoms with Crippen LogP contribution in [0.2, 0.25) is 0 Å². The molecular formula is C11H20N2O3. The molecule has 1 heterocycles. The normalized spacial score (nSPS) is 22.6. The summed E-state index contributed by atoms with van der Waals surface area (Å²) in [5.74, 6) is -0.131. The van der Waals surface area contributed by atoms with Crippen LogP contribution in [-0.2, 0) is 14.3 Å². The van der Waals surface area contributed by atoms with Gasteiger partial charge in [0.15, 0.2) is 0 Å². The number of nitrogens with one attached hydrogen (secondary N) is 1. The molecule has 1 saturated heterocycles. The highest BCUT2D eigenvalue weighted by atomic mass is 16.5. The average molecular weight is 228 g/mol. The number of methoxy groups -OCH3 is 1. The van der Waals surface area contributed by atoms with Crippen LogP contribution in [0.5, 0.6) is 0 Å². The van der Waals surface area contributed by atoms with Gasteiger partial charge in [0.05, 0.1) is 6.10 Å². The first-order valence-corrected chi connectivity index (χ1v) is 5.50. The Morgan fingerprint density at radius 2 is 2.12 bits per heavy atom. The van der Waals surface area contributed by atoms with E-state index in [1.807, 2.05) is 6.92 Å². The number of hydrogen-bond acceptors (Lipinski definition) is 3. The van der Waals surface area contributed by atoms with Gasteiger partial charge in [-0.05, 0) is 20.8 Å². The Hall–Kier alpha value is -1.10. The fourth-order valence-corrected chi connectivity index (χ4v) is 1.76. The third-order valence-corrected chi connectivity index (χ3v) is 2.76. The van der Waals surface area contributed by atoms with Gasteiger partial charge in [0.25, 0.3) is 0 Å². The van der Waals surface area contributed by atoms with E-state index in [4.69, 9.17) is 4.74 Å². The molecule has 0 radical (unpaired) electrons. The highest BCUT2D eigenvalue weighted by Crippen LogP contribution is 2.13. The van der Waals surface area contributed by atoms with E-state index in [0.717, 1.165) is 0 Å². The van der Waals surface area contributed by atoms with Gasteiger partial charge in [0.2, 0.25) is 11.8 Å². The molecule has 5 heteroatoms. The molecule has 5 nitrogen and oxygen atoms in total. The topological polar surface area (TPSA) is 58.6 Å². The molecule has 0 aromatic carbocycles. The fourth-order valence-electron chi connectivity index (χ4n) is 1.76. The minimum Gasteiger partial charge on any atom is -0.380 e. The summed E-state index contributed by atoms with van der Waals surface area (Å²) < 4.78 is 5.14. The molecule has 2 amide bonds. The lowest BCUT2D eigenvalue weighted by atomic mass is 10.0. The summed E-state index contributed by atoms with van der Waals surface area (Å²) in [6, 6.07) is 0. The SMILES string of the molecule is COC(C)CN1CCC(=O)NC(C)(C)C1=O. The van der Waals surface area contributed by atoms with E-state index in [1.165, 1.54) is 0 Å². The molecule has 1 atom stereocenters. The van der Waals surface area contributed by atoms with Gasteiger partial charge in [-0.1, -0.05) is 0 Å². The largest absolute Gasteiger partial charge is 0.380 e. The van der Waals surface area contributed by atoms with Crippen molar-refractivity contribution in [3.8, 4) is 0 Å². The lowest BCUT2D eigenvalue weighted by molar-refractivity contribution is -0.138. The maximum absolute atomic E-state index is 12.1. The van der Waals surface area contributed by atoms with Gasteiger partial charge in [0, 0.05) is 26.6 Å². The summed E-state index contributed by atoms with van der Waals surface area (Å²) in [4.78, 5) is 25.2. The Bertz CT molecular complexity index is 289. The summed E-state index contributed by atoms with van der Waals surface area (Å²) in [5.41, 5.74) is -0.818. The van der Waals surface area contributed by atoms with Crippen molar-refractivity contribution >= 4 is 11.8 Å². The van der Waals surface area contributed by atoms with Crippen molar-refractivity contribution in [1.29, 1.82) is 0 Å². The fraction of sp³-hybridized carbons (Fsp3) is 0.818. The van der Waals surface area contributed by atoms with Crippen LogP contribution in [0.3, 0.4) is 0 Å². The molecule has 1 aliphatic rings. The quantitative estimate of drug-likeness (QED) is 0.748. The number of hydrogen-bond donors (Lipinski definition) is 1. The van der Waals surface area contributed by atoms with Crippen molar-refractivity contribution in [3.05, 3.63) is 0 Å². The average Bonchev–Trinajstić information content (AvgIpc) is 2.29. The van der Waals surface area contributed by atoms with Gasteiger partial charge in [0.1, 0.15) is 5.54 Å². The third-order valence-electron chi connectivity index (χ3n) is 2.76. The van der Waals surface area contributed by atoms with E-state index >= 15 is 0 Å². The Morgan fingerprint density at radius 1 is 1.50 bits per heavy atom. The highest BCUT2D eigenvalue weighted by molar-refractivity contribution is 5.92. The van der Waals surface area contributed by atoms with Crippen LogP contribution in [0.4, 0.5) is 0 Å². The maximum atomic E-state index is 12.1. The molecule has 0 aliphatic carbocycles. The molecule has 92 valence electrons. The third kappa shape index (κ3) is 2.95. The van der Waals surface area contributed by atoms with E-state index in [-0.39, 0.29) is 17.9 Å². The van der Waals surface area contributed by atoms with Crippen molar-refractivity contribution in [3.63, 3.8) is 0 Å². The minimum atomic E-state index is -0.818. The first-order valence-electron chi connectivity index (χ1n) is 5.50. The van der Waals surface area contributed by atoms with Gasteiger partial charge < -0.3 is 15.0 Å². The molecule has 1 N–H and O–H groups in total. The van der Waals surface area contributed by atoms with Gasteiger partial charge in [-0.15, -0.1) is 0 Å². The van der Waals surface area contributed by atoms with Crippen molar-refractivity contribution in [2.24, 2.45) is 0 Å². The van der Waals surface area contributed by atoms with E-state index in [0.29, 0.717) is 19.5 Å². The smallest absolute Gasteiger partial charge is 0.247 e. The van der Waals surface area contributed by atoms with Crippen molar-refractivity contribution in [1.82, 2.24) is 10.2 Å². The molecule has 1 aliphatic heterocycles. The van der Waals surface area contributed by atoms with E-state index in [2.05, 4.69) is 5.32 Å². The van der Waals surface area contributed by atoms with Crippen LogP contribution in [0.1, 0.15) is 27.2 Å². The number of amides is 2. The van der Waals surface area contributed by atoms with Crippen LogP contribution in [0, 0.1) is 0 Å². The summed E-state index contributed by atoms with van der Waals surface area (Å²) >= 11 is 0. The number of nitrogens with zero attached hydrogens (tertiary/aromatic N) is 1. The van der Waals surface area contributed by atoms with Crippen molar-refractivity contribution in [2.45, 2.75) is 38.8 Å². The Morgan fingerprint density at radius 3 is 2.69 bits per heavy atom. The van der Waals surface area contributed by atoms with E-state index in [1.54, 1.807) is 25.9 Å². The maximum Gasteiger partial charge on any atom is 0.247 e. The van der Waals surface area contributed by atoms with Crippen LogP contribution < -0.4 is 5.32 Å². The first-order chi connectivity index (χ1) is 7.36. The van der Waals surface area contributed by atoms with Gasteiger partial charge in [-0.25, -0.2) is 0 Å². The van der Waals surface area contributed by atoms with Crippen LogP contribution in [-0.4, -0.2) is 48.6 Å².